The number of likely N-dealkylation sites (tertiary alicyclic amines) is 1. The summed E-state index contributed by atoms with van der Waals surface area (Å²) < 4.78 is 17.7. The van der Waals surface area contributed by atoms with Crippen LogP contribution in [0.4, 0.5) is 0 Å². The Bertz CT molecular complexity index is 1910. The van der Waals surface area contributed by atoms with Crippen LogP contribution >= 0.6 is 0 Å². The predicted octanol–water partition coefficient (Wildman–Crippen LogP) is 4.50. The Morgan fingerprint density at radius 1 is 0.868 bits per heavy atom. The van der Waals surface area contributed by atoms with Gasteiger partial charge < -0.3 is 40.0 Å². The lowest BCUT2D eigenvalue weighted by atomic mass is 9.89. The summed E-state index contributed by atoms with van der Waals surface area (Å²) >= 11 is 0. The molecule has 0 radical (unpaired) electrons. The highest BCUT2D eigenvalue weighted by molar-refractivity contribution is 6.12. The molecule has 1 aromatic carbocycles. The molecule has 3 rings (SSSR count). The van der Waals surface area contributed by atoms with Crippen molar-refractivity contribution in [3.63, 3.8) is 0 Å². The largest absolute Gasteiger partial charge is 0.458 e. The van der Waals surface area contributed by atoms with Crippen molar-refractivity contribution in [3.05, 3.63) is 48.0 Å². The van der Waals surface area contributed by atoms with Gasteiger partial charge >= 0.3 is 5.97 Å². The zero-order valence-electron chi connectivity index (χ0n) is 42.8. The number of hydrogen-bond acceptors (Lipinski definition) is 11. The number of carbonyl (C=O) groups excluding carboxylic acids is 8. The molecule has 68 heavy (non-hydrogen) atoms. The van der Waals surface area contributed by atoms with Crippen molar-refractivity contribution in [3.8, 4) is 0 Å². The van der Waals surface area contributed by atoms with E-state index >= 15 is 0 Å². The lowest BCUT2D eigenvalue weighted by molar-refractivity contribution is -0.159. The van der Waals surface area contributed by atoms with E-state index in [0.29, 0.717) is 45.1 Å². The highest BCUT2D eigenvalue weighted by Crippen LogP contribution is 2.30. The van der Waals surface area contributed by atoms with Gasteiger partial charge in [-0.3, -0.25) is 38.5 Å². The van der Waals surface area contributed by atoms with Gasteiger partial charge in [0.05, 0.1) is 36.6 Å². The number of amides is 7. The first-order valence-electron chi connectivity index (χ1n) is 24.2. The molecule has 0 aromatic heterocycles. The van der Waals surface area contributed by atoms with Crippen molar-refractivity contribution in [2.75, 3.05) is 34.4 Å². The second-order valence-electron chi connectivity index (χ2n) is 20.2. The van der Waals surface area contributed by atoms with Crippen LogP contribution in [0.1, 0.15) is 126 Å². The number of hydrogen-bond donors (Lipinski definition) is 3. The fourth-order valence-corrected chi connectivity index (χ4v) is 8.93. The minimum Gasteiger partial charge on any atom is -0.458 e. The number of imide groups is 1. The van der Waals surface area contributed by atoms with Gasteiger partial charge in [-0.15, -0.1) is 0 Å². The molecule has 2 aliphatic heterocycles. The minimum atomic E-state index is -1.37. The molecule has 2 heterocycles. The van der Waals surface area contributed by atoms with Crippen molar-refractivity contribution in [2.45, 2.75) is 175 Å². The number of nitrogens with zero attached hydrogens (tertiary/aromatic N) is 3. The van der Waals surface area contributed by atoms with Gasteiger partial charge in [0.25, 0.3) is 11.8 Å². The second kappa shape index (κ2) is 26.0. The van der Waals surface area contributed by atoms with Gasteiger partial charge in [0.2, 0.25) is 29.5 Å². The van der Waals surface area contributed by atoms with Crippen LogP contribution in [-0.4, -0.2) is 144 Å². The van der Waals surface area contributed by atoms with Crippen molar-refractivity contribution >= 4 is 47.3 Å². The van der Waals surface area contributed by atoms with Crippen LogP contribution in [0.5, 0.6) is 0 Å². The normalized spacial score (nSPS) is 18.4. The maximum absolute atomic E-state index is 14.5. The molecule has 1 aromatic rings. The first-order valence-corrected chi connectivity index (χ1v) is 24.2. The topological polar surface area (TPSA) is 210 Å². The van der Waals surface area contributed by atoms with Crippen LogP contribution in [-0.2, 0) is 59.0 Å². The highest BCUT2D eigenvalue weighted by Gasteiger charge is 2.44. The van der Waals surface area contributed by atoms with Crippen LogP contribution in [0.15, 0.2) is 42.5 Å². The maximum atomic E-state index is 14.5. The smallest absolute Gasteiger partial charge is 0.329 e. The predicted molar refractivity (Wildman–Crippen MR) is 257 cm³/mol. The van der Waals surface area contributed by atoms with E-state index in [1.165, 1.54) is 26.4 Å². The van der Waals surface area contributed by atoms with Gasteiger partial charge in [0.1, 0.15) is 23.2 Å². The van der Waals surface area contributed by atoms with Gasteiger partial charge in [-0.2, -0.15) is 0 Å². The van der Waals surface area contributed by atoms with Gasteiger partial charge in [-0.05, 0) is 77.7 Å². The van der Waals surface area contributed by atoms with E-state index < -0.39 is 71.2 Å². The number of likely N-dealkylation sites (N-methyl/N-ethyl adjacent to an activating group) is 1. The summed E-state index contributed by atoms with van der Waals surface area (Å²) in [6.45, 7) is 18.5. The Balaban J connectivity index is 1.70. The molecule has 1 saturated heterocycles. The quantitative estimate of drug-likeness (QED) is 0.0669. The van der Waals surface area contributed by atoms with Crippen LogP contribution < -0.4 is 16.0 Å². The van der Waals surface area contributed by atoms with Crippen LogP contribution in [0.3, 0.4) is 0 Å². The third-order valence-electron chi connectivity index (χ3n) is 13.0. The number of unbranched alkanes of at least 4 members (excludes halogenated alkanes) is 2. The zero-order chi connectivity index (χ0) is 51.1. The summed E-state index contributed by atoms with van der Waals surface area (Å²) in [5.74, 6) is -4.40. The maximum Gasteiger partial charge on any atom is 0.329 e. The van der Waals surface area contributed by atoms with E-state index in [1.807, 2.05) is 58.0 Å². The SMILES string of the molecule is CC[C@H](C)[C@@H]([C@@H](CC(=O)N1CCCC1[C@H](OC)[C@@H](C)C(=O)N[C@@H](Cc1ccccc1)C(=O)OC(C)(C)C)OC)N(C)C(=O)[C@@H](NC(=O)C(C)(C)NC(=O)CCCCCN1C(=O)C=CC1=O)C(C)C. The van der Waals surface area contributed by atoms with Gasteiger partial charge in [-0.1, -0.05) is 77.8 Å². The summed E-state index contributed by atoms with van der Waals surface area (Å²) in [5.41, 5.74) is -1.29. The molecule has 380 valence electrons. The number of rotatable bonds is 26. The zero-order valence-corrected chi connectivity index (χ0v) is 42.8. The molecule has 8 atom stereocenters. The van der Waals surface area contributed by atoms with Crippen LogP contribution in [0, 0.1) is 17.8 Å². The Morgan fingerprint density at radius 3 is 2.06 bits per heavy atom. The van der Waals surface area contributed by atoms with Crippen molar-refractivity contribution in [2.24, 2.45) is 17.8 Å². The number of esters is 1. The number of nitrogens with one attached hydrogen (secondary N) is 3. The van der Waals surface area contributed by atoms with Crippen LogP contribution in [0.25, 0.3) is 0 Å². The Kier molecular flexibility index (Phi) is 21.9. The first kappa shape index (κ1) is 57.2. The molecule has 17 heteroatoms. The third-order valence-corrected chi connectivity index (χ3v) is 13.0. The monoisotopic (exact) mass is 953 g/mol. The van der Waals surface area contributed by atoms with E-state index in [9.17, 15) is 38.4 Å². The fraction of sp³-hybridized carbons (Fsp3) is 0.686. The first-order chi connectivity index (χ1) is 31.9. The lowest BCUT2D eigenvalue weighted by Gasteiger charge is -2.41. The van der Waals surface area contributed by atoms with Crippen LogP contribution in [0.2, 0.25) is 0 Å². The Morgan fingerprint density at radius 2 is 1.50 bits per heavy atom. The molecule has 1 unspecified atom stereocenters. The molecule has 0 saturated carbocycles. The summed E-state index contributed by atoms with van der Waals surface area (Å²) in [4.78, 5) is 111. The number of ether oxygens (including phenoxy) is 3. The molecule has 17 nitrogen and oxygen atoms in total. The number of benzene rings is 1. The van der Waals surface area contributed by atoms with E-state index in [4.69, 9.17) is 14.2 Å². The molecule has 0 aliphatic carbocycles. The number of carbonyl (C=O) groups is 8. The van der Waals surface area contributed by atoms with Gasteiger partial charge in [0, 0.05) is 59.4 Å². The van der Waals surface area contributed by atoms with Gasteiger partial charge in [0.15, 0.2) is 0 Å². The Hall–Kier alpha value is -5.16. The molecule has 2 aliphatic rings. The summed E-state index contributed by atoms with van der Waals surface area (Å²) in [7, 11) is 4.67. The molecular weight excluding hydrogens is 873 g/mol. The van der Waals surface area contributed by atoms with E-state index in [-0.39, 0.29) is 67.2 Å². The average molecular weight is 953 g/mol. The molecule has 0 spiro atoms. The molecule has 7 amide bonds. The average Bonchev–Trinajstić information content (AvgIpc) is 3.89. The summed E-state index contributed by atoms with van der Waals surface area (Å²) in [5, 5.41) is 8.59. The number of methoxy groups -OCH3 is 2. The highest BCUT2D eigenvalue weighted by atomic mass is 16.6. The van der Waals surface area contributed by atoms with E-state index in [2.05, 4.69) is 16.0 Å². The second-order valence-corrected chi connectivity index (χ2v) is 20.2. The van der Waals surface area contributed by atoms with E-state index in [0.717, 1.165) is 10.5 Å². The molecule has 1 fully saturated rings. The van der Waals surface area contributed by atoms with E-state index in [1.54, 1.807) is 58.4 Å². The van der Waals surface area contributed by atoms with Crippen molar-refractivity contribution in [1.82, 2.24) is 30.7 Å². The molecule has 0 bridgehead atoms. The van der Waals surface area contributed by atoms with Crippen molar-refractivity contribution < 1.29 is 52.6 Å². The van der Waals surface area contributed by atoms with Crippen molar-refractivity contribution in [1.29, 1.82) is 0 Å². The molecular formula is C51H80N6O11. The fourth-order valence-electron chi connectivity index (χ4n) is 8.93. The minimum absolute atomic E-state index is 0.0715. The molecule has 3 N–H and O–H groups in total. The lowest BCUT2D eigenvalue weighted by Crippen LogP contribution is -2.62. The summed E-state index contributed by atoms with van der Waals surface area (Å²) in [6, 6.07) is 6.39. The summed E-state index contributed by atoms with van der Waals surface area (Å²) in [6.07, 6.45) is 4.85. The third kappa shape index (κ3) is 16.2. The standard InChI is InChI=1S/C51H80N6O11/c1-14-33(4)44(55(11)47(63)43(32(2)3)53-49(65)51(9,10)54-39(58)25-19-16-20-28-57-40(59)26-27-41(57)60)38(66-12)31-42(61)56-29-21-24-37(56)45(67-13)34(5)46(62)52-36(48(64)68-50(6,7)8)30-35-22-17-15-18-23-35/h15,17-18,22-23,26-27,32-34,36-38,43-45H,14,16,19-21,24-25,28-31H2,1-13H3,(H,52,62)(H,53,65)(H,54,58)/t33-,34+,36-,37?,38+,43-,44-,45+/m0/s1. The Labute approximate surface area is 404 Å². The van der Waals surface area contributed by atoms with Gasteiger partial charge in [-0.25, -0.2) is 4.79 Å².